The molecule has 0 fully saturated rings. The van der Waals surface area contributed by atoms with E-state index in [4.69, 9.17) is 3.83 Å². The predicted molar refractivity (Wildman–Crippen MR) is 12.1 cm³/mol. The van der Waals surface area contributed by atoms with Gasteiger partial charge in [0.1, 0.15) is 0 Å². The van der Waals surface area contributed by atoms with Crippen LogP contribution in [0.15, 0.2) is 12.2 Å². The molecule has 0 heterocycles. The summed E-state index contributed by atoms with van der Waals surface area (Å²) in [5, 5.41) is 0. The number of hydrogen-bond acceptors (Lipinski definition) is 1. The van der Waals surface area contributed by atoms with Crippen molar-refractivity contribution in [1.82, 2.24) is 0 Å². The first kappa shape index (κ1) is 10.7. The summed E-state index contributed by atoms with van der Waals surface area (Å²) in [6.45, 7) is 0. The first-order chi connectivity index (χ1) is 3.64. The maximum absolute atomic E-state index is 10.3. The van der Waals surface area contributed by atoms with Crippen molar-refractivity contribution in [1.29, 1.82) is 0 Å². The van der Waals surface area contributed by atoms with Gasteiger partial charge in [-0.25, -0.2) is 0 Å². The van der Waals surface area contributed by atoms with Crippen molar-refractivity contribution in [3.63, 3.8) is 0 Å². The molecule has 0 aliphatic carbocycles. The van der Waals surface area contributed by atoms with Crippen molar-refractivity contribution in [2.24, 2.45) is 0 Å². The van der Waals surface area contributed by atoms with Crippen molar-refractivity contribution in [2.75, 3.05) is 0 Å². The summed E-state index contributed by atoms with van der Waals surface area (Å²) in [5.74, 6) is 0. The minimum atomic E-state index is -2.91. The van der Waals surface area contributed by atoms with Gasteiger partial charge in [-0.05, 0) is 0 Å². The van der Waals surface area contributed by atoms with Crippen molar-refractivity contribution >= 4 is 0 Å². The third kappa shape index (κ3) is 9.24. The summed E-state index contributed by atoms with van der Waals surface area (Å²) in [7, 11) is 0. The molecule has 6 heteroatoms. The molecule has 50 valence electrons. The molecule has 0 rings (SSSR count). The van der Waals surface area contributed by atoms with E-state index < -0.39 is 12.2 Å². The van der Waals surface area contributed by atoms with Crippen LogP contribution in [0.1, 0.15) is 0 Å². The fourth-order valence-electron chi connectivity index (χ4n) is 0. The monoisotopic (exact) mass is 172 g/mol. The molecular formula is C2F4FeO. The van der Waals surface area contributed by atoms with E-state index in [2.05, 4.69) is 0 Å². The predicted octanol–water partition coefficient (Wildman–Crippen LogP) is 1.87. The molecule has 1 nitrogen and oxygen atoms in total. The summed E-state index contributed by atoms with van der Waals surface area (Å²) in [6.07, 6.45) is -5.81. The molecule has 0 radical (unpaired) electrons. The molecule has 0 aromatic heterocycles. The molecule has 0 N–H and O–H groups in total. The normalized spacial score (nSPS) is 6.62. The molecule has 8 heavy (non-hydrogen) atoms. The summed E-state index contributed by atoms with van der Waals surface area (Å²) in [5.41, 5.74) is 0. The zero-order chi connectivity index (χ0) is 7.15. The average molecular weight is 172 g/mol. The van der Waals surface area contributed by atoms with Gasteiger partial charge in [0, 0.05) is 0 Å². The molecule has 0 unspecified atom stereocenters. The second-order valence-electron chi connectivity index (χ2n) is 0.521. The average Bonchev–Trinajstić information content (AvgIpc) is 1.72. The van der Waals surface area contributed by atoms with E-state index in [1.807, 2.05) is 15.9 Å². The maximum atomic E-state index is 10.3. The van der Waals surface area contributed by atoms with Crippen molar-refractivity contribution < 1.29 is 37.3 Å². The second kappa shape index (κ2) is 6.78. The van der Waals surface area contributed by atoms with Crippen molar-refractivity contribution in [3.05, 3.63) is 12.2 Å². The quantitative estimate of drug-likeness (QED) is 0.402. The number of hydrogen-bond donors (Lipinski definition) is 0. The molecule has 0 bridgehead atoms. The Hall–Kier alpha value is -0.221. The Morgan fingerprint density at radius 1 is 0.875 bits per heavy atom. The van der Waals surface area contributed by atoms with Gasteiger partial charge in [-0.1, -0.05) is 0 Å². The van der Waals surface area contributed by atoms with Gasteiger partial charge >= 0.3 is 31.9 Å². The summed E-state index contributed by atoms with van der Waals surface area (Å²) >= 11 is 2.00. The molecule has 0 aromatic rings. The fraction of sp³-hybridized carbons (Fsp3) is 0. The molecule has 0 amide bonds. The Kier molecular flexibility index (Phi) is 9.07. The Labute approximate surface area is 50.4 Å². The Morgan fingerprint density at radius 2 is 1.00 bits per heavy atom. The van der Waals surface area contributed by atoms with E-state index in [0.29, 0.717) is 0 Å². The van der Waals surface area contributed by atoms with E-state index in [1.54, 1.807) is 0 Å². The van der Waals surface area contributed by atoms with Crippen LogP contribution in [-0.2, 0) is 19.8 Å². The van der Waals surface area contributed by atoms with E-state index in [0.717, 1.165) is 0 Å². The van der Waals surface area contributed by atoms with E-state index in [1.165, 1.54) is 0 Å². The standard InChI is InChI=1S/C2F4.Fe.O/c3-1(4)2(5)6;;. The Balaban J connectivity index is 0. The van der Waals surface area contributed by atoms with Crippen molar-refractivity contribution in [3.8, 4) is 0 Å². The fourth-order valence-corrected chi connectivity index (χ4v) is 0. The van der Waals surface area contributed by atoms with Gasteiger partial charge in [0.15, 0.2) is 0 Å². The molecule has 0 saturated heterocycles. The van der Waals surface area contributed by atoms with Gasteiger partial charge in [-0.3, -0.25) is 0 Å². The van der Waals surface area contributed by atoms with Gasteiger partial charge in [0.05, 0.1) is 0 Å². The van der Waals surface area contributed by atoms with E-state index in [-0.39, 0.29) is 0 Å². The molecular weight excluding hydrogens is 172 g/mol. The number of rotatable bonds is 0. The van der Waals surface area contributed by atoms with Gasteiger partial charge in [-0.15, -0.1) is 0 Å². The Morgan fingerprint density at radius 3 is 1.00 bits per heavy atom. The van der Waals surface area contributed by atoms with Crippen LogP contribution in [0, 0.1) is 0 Å². The molecule has 0 aliphatic heterocycles. The van der Waals surface area contributed by atoms with Gasteiger partial charge in [0.25, 0.3) is 0 Å². The summed E-state index contributed by atoms with van der Waals surface area (Å²) < 4.78 is 49.1. The van der Waals surface area contributed by atoms with E-state index in [9.17, 15) is 17.6 Å². The van der Waals surface area contributed by atoms with Crippen LogP contribution in [-0.4, -0.2) is 0 Å². The first-order valence-electron chi connectivity index (χ1n) is 1.15. The van der Waals surface area contributed by atoms with Gasteiger partial charge < -0.3 is 0 Å². The molecule has 0 saturated carbocycles. The third-order valence-corrected chi connectivity index (χ3v) is 0.143. The molecule has 0 aliphatic rings. The summed E-state index contributed by atoms with van der Waals surface area (Å²) in [4.78, 5) is 0. The zero-order valence-corrected chi connectivity index (χ0v) is 4.38. The van der Waals surface area contributed by atoms with Crippen LogP contribution in [0.2, 0.25) is 0 Å². The molecule has 0 atom stereocenters. The van der Waals surface area contributed by atoms with Crippen LogP contribution < -0.4 is 0 Å². The van der Waals surface area contributed by atoms with Crippen LogP contribution in [0.3, 0.4) is 0 Å². The Bertz CT molecular complexity index is 74.0. The number of halogens is 4. The van der Waals surface area contributed by atoms with Gasteiger partial charge in [0.2, 0.25) is 0 Å². The zero-order valence-electron chi connectivity index (χ0n) is 3.27. The van der Waals surface area contributed by atoms with Crippen LogP contribution in [0.5, 0.6) is 0 Å². The van der Waals surface area contributed by atoms with Crippen molar-refractivity contribution in [2.45, 2.75) is 0 Å². The van der Waals surface area contributed by atoms with Crippen LogP contribution in [0.25, 0.3) is 0 Å². The molecule has 0 aromatic carbocycles. The molecule has 0 spiro atoms. The van der Waals surface area contributed by atoms with Crippen LogP contribution >= 0.6 is 0 Å². The van der Waals surface area contributed by atoms with Crippen LogP contribution in [0.4, 0.5) is 17.6 Å². The first-order valence-corrected chi connectivity index (χ1v) is 1.60. The SMILES string of the molecule is FC(F)=C(F)F.[O]=[Fe]. The third-order valence-electron chi connectivity index (χ3n) is 0.143. The van der Waals surface area contributed by atoms with E-state index >= 15 is 0 Å². The topological polar surface area (TPSA) is 17.1 Å². The van der Waals surface area contributed by atoms with Gasteiger partial charge in [-0.2, -0.15) is 17.6 Å². The second-order valence-corrected chi connectivity index (χ2v) is 0.521. The summed E-state index contributed by atoms with van der Waals surface area (Å²) in [6, 6.07) is 0. The minimum absolute atomic E-state index is 2.00.